The minimum absolute atomic E-state index is 0.140. The molecule has 17 heavy (non-hydrogen) atoms. The van der Waals surface area contributed by atoms with Crippen LogP contribution >= 0.6 is 0 Å². The first-order valence-electron chi connectivity index (χ1n) is 6.16. The standard InChI is InChI=1S/C12H22N2O3/c1-7-3-8(2)5-9(4-7)14-12(17)10(13)6-11(15)16/h7-10H,3-6,13H2,1-2H3,(H,14,17)(H,15,16). The van der Waals surface area contributed by atoms with Crippen molar-refractivity contribution < 1.29 is 14.7 Å². The zero-order chi connectivity index (χ0) is 13.0. The number of amides is 1. The molecule has 1 aliphatic carbocycles. The highest BCUT2D eigenvalue weighted by atomic mass is 16.4. The molecule has 4 N–H and O–H groups in total. The maximum Gasteiger partial charge on any atom is 0.305 e. The number of aliphatic carboxylic acids is 1. The number of carboxylic acids is 1. The second-order valence-corrected chi connectivity index (χ2v) is 5.33. The van der Waals surface area contributed by atoms with E-state index in [1.807, 2.05) is 0 Å². The van der Waals surface area contributed by atoms with E-state index in [0.29, 0.717) is 11.8 Å². The molecule has 1 fully saturated rings. The van der Waals surface area contributed by atoms with Crippen LogP contribution in [0, 0.1) is 11.8 Å². The van der Waals surface area contributed by atoms with Crippen LogP contribution < -0.4 is 11.1 Å². The average molecular weight is 242 g/mol. The number of rotatable bonds is 4. The zero-order valence-corrected chi connectivity index (χ0v) is 10.5. The van der Waals surface area contributed by atoms with Crippen molar-refractivity contribution in [3.8, 4) is 0 Å². The molecule has 0 aromatic heterocycles. The molecule has 0 spiro atoms. The zero-order valence-electron chi connectivity index (χ0n) is 10.5. The van der Waals surface area contributed by atoms with E-state index < -0.39 is 12.0 Å². The Balaban J connectivity index is 2.42. The summed E-state index contributed by atoms with van der Waals surface area (Å²) in [6, 6.07) is -0.805. The topological polar surface area (TPSA) is 92.4 Å². The summed E-state index contributed by atoms with van der Waals surface area (Å²) in [5.74, 6) is -0.198. The Hall–Kier alpha value is -1.10. The third-order valence-electron chi connectivity index (χ3n) is 3.26. The number of nitrogens with one attached hydrogen (secondary N) is 1. The summed E-state index contributed by atoms with van der Waals surface area (Å²) in [7, 11) is 0. The Morgan fingerprint density at radius 3 is 2.29 bits per heavy atom. The van der Waals surface area contributed by atoms with Crippen molar-refractivity contribution in [3.63, 3.8) is 0 Å². The molecule has 98 valence electrons. The number of carbonyl (C=O) groups excluding carboxylic acids is 1. The Kier molecular flexibility index (Phi) is 4.93. The molecular formula is C12H22N2O3. The van der Waals surface area contributed by atoms with Crippen molar-refractivity contribution in [2.45, 2.75) is 51.6 Å². The molecule has 0 saturated heterocycles. The van der Waals surface area contributed by atoms with E-state index in [-0.39, 0.29) is 18.4 Å². The number of nitrogens with two attached hydrogens (primary N) is 1. The second-order valence-electron chi connectivity index (χ2n) is 5.33. The molecular weight excluding hydrogens is 220 g/mol. The Morgan fingerprint density at radius 2 is 1.82 bits per heavy atom. The van der Waals surface area contributed by atoms with E-state index in [1.54, 1.807) is 0 Å². The lowest BCUT2D eigenvalue weighted by Crippen LogP contribution is -2.48. The van der Waals surface area contributed by atoms with Crippen LogP contribution in [0.5, 0.6) is 0 Å². The summed E-state index contributed by atoms with van der Waals surface area (Å²) in [5.41, 5.74) is 5.51. The Labute approximate surface area is 102 Å². The lowest BCUT2D eigenvalue weighted by molar-refractivity contribution is -0.139. The summed E-state index contributed by atoms with van der Waals surface area (Å²) in [5, 5.41) is 11.4. The average Bonchev–Trinajstić information content (AvgIpc) is 2.14. The summed E-state index contributed by atoms with van der Waals surface area (Å²) in [4.78, 5) is 22.1. The number of carbonyl (C=O) groups is 2. The molecule has 0 aliphatic heterocycles. The first kappa shape index (κ1) is 14.0. The maximum atomic E-state index is 11.7. The van der Waals surface area contributed by atoms with Gasteiger partial charge in [-0.3, -0.25) is 9.59 Å². The minimum Gasteiger partial charge on any atom is -0.481 e. The highest BCUT2D eigenvalue weighted by molar-refractivity contribution is 5.86. The summed E-state index contributed by atoms with van der Waals surface area (Å²) in [6.07, 6.45) is 2.78. The van der Waals surface area contributed by atoms with Gasteiger partial charge in [-0.25, -0.2) is 0 Å². The van der Waals surface area contributed by atoms with Gasteiger partial charge in [0.2, 0.25) is 5.91 Å². The van der Waals surface area contributed by atoms with Gasteiger partial charge in [0.1, 0.15) is 0 Å². The van der Waals surface area contributed by atoms with Gasteiger partial charge in [0, 0.05) is 6.04 Å². The van der Waals surface area contributed by atoms with Crippen LogP contribution in [0.15, 0.2) is 0 Å². The van der Waals surface area contributed by atoms with E-state index in [4.69, 9.17) is 10.8 Å². The molecule has 0 bridgehead atoms. The molecule has 1 aliphatic rings. The first-order valence-corrected chi connectivity index (χ1v) is 6.16. The van der Waals surface area contributed by atoms with E-state index in [2.05, 4.69) is 19.2 Å². The first-order chi connectivity index (χ1) is 7.88. The third-order valence-corrected chi connectivity index (χ3v) is 3.26. The third kappa shape index (κ3) is 4.73. The Bertz CT molecular complexity index is 283. The van der Waals surface area contributed by atoms with Gasteiger partial charge in [-0.2, -0.15) is 0 Å². The van der Waals surface area contributed by atoms with E-state index in [0.717, 1.165) is 12.8 Å². The molecule has 0 radical (unpaired) electrons. The molecule has 0 aromatic carbocycles. The highest BCUT2D eigenvalue weighted by Gasteiger charge is 2.27. The molecule has 1 rings (SSSR count). The van der Waals surface area contributed by atoms with Crippen molar-refractivity contribution in [1.29, 1.82) is 0 Å². The monoisotopic (exact) mass is 242 g/mol. The van der Waals surface area contributed by atoms with Gasteiger partial charge < -0.3 is 16.2 Å². The molecule has 0 aromatic rings. The van der Waals surface area contributed by atoms with Gasteiger partial charge in [-0.15, -0.1) is 0 Å². The quantitative estimate of drug-likeness (QED) is 0.677. The van der Waals surface area contributed by atoms with E-state index in [1.165, 1.54) is 6.42 Å². The van der Waals surface area contributed by atoms with Gasteiger partial charge in [0.15, 0.2) is 0 Å². The molecule has 3 atom stereocenters. The summed E-state index contributed by atoms with van der Waals surface area (Å²) >= 11 is 0. The molecule has 5 heteroatoms. The molecule has 5 nitrogen and oxygen atoms in total. The normalized spacial score (nSPS) is 30.6. The van der Waals surface area contributed by atoms with Crippen LogP contribution in [0.25, 0.3) is 0 Å². The highest BCUT2D eigenvalue weighted by Crippen LogP contribution is 2.28. The summed E-state index contributed by atoms with van der Waals surface area (Å²) in [6.45, 7) is 4.35. The molecule has 1 saturated carbocycles. The Morgan fingerprint density at radius 1 is 1.29 bits per heavy atom. The molecule has 3 unspecified atom stereocenters. The second kappa shape index (κ2) is 6.00. The smallest absolute Gasteiger partial charge is 0.305 e. The number of hydrogen-bond acceptors (Lipinski definition) is 3. The van der Waals surface area contributed by atoms with Gasteiger partial charge in [-0.1, -0.05) is 13.8 Å². The van der Waals surface area contributed by atoms with E-state index >= 15 is 0 Å². The predicted octanol–water partition coefficient (Wildman–Crippen LogP) is 0.729. The fourth-order valence-corrected chi connectivity index (χ4v) is 2.65. The summed E-state index contributed by atoms with van der Waals surface area (Å²) < 4.78 is 0. The van der Waals surface area contributed by atoms with Crippen LogP contribution in [0.4, 0.5) is 0 Å². The number of carboxylic acid groups (broad SMARTS) is 1. The van der Waals surface area contributed by atoms with Crippen LogP contribution in [0.1, 0.15) is 39.5 Å². The van der Waals surface area contributed by atoms with Crippen LogP contribution in [0.2, 0.25) is 0 Å². The van der Waals surface area contributed by atoms with Gasteiger partial charge in [0.05, 0.1) is 12.5 Å². The minimum atomic E-state index is -1.04. The van der Waals surface area contributed by atoms with Crippen molar-refractivity contribution in [2.24, 2.45) is 17.6 Å². The lowest BCUT2D eigenvalue weighted by atomic mass is 9.80. The van der Waals surface area contributed by atoms with Crippen LogP contribution in [0.3, 0.4) is 0 Å². The van der Waals surface area contributed by atoms with Crippen molar-refractivity contribution in [2.75, 3.05) is 0 Å². The van der Waals surface area contributed by atoms with Gasteiger partial charge in [0.25, 0.3) is 0 Å². The largest absolute Gasteiger partial charge is 0.481 e. The SMILES string of the molecule is CC1CC(C)CC(NC(=O)C(N)CC(=O)O)C1. The van der Waals surface area contributed by atoms with Crippen LogP contribution in [-0.2, 0) is 9.59 Å². The number of hydrogen-bond donors (Lipinski definition) is 3. The van der Waals surface area contributed by atoms with Gasteiger partial charge >= 0.3 is 5.97 Å². The van der Waals surface area contributed by atoms with Crippen molar-refractivity contribution in [1.82, 2.24) is 5.32 Å². The fourth-order valence-electron chi connectivity index (χ4n) is 2.65. The van der Waals surface area contributed by atoms with Gasteiger partial charge in [-0.05, 0) is 31.1 Å². The van der Waals surface area contributed by atoms with Crippen molar-refractivity contribution in [3.05, 3.63) is 0 Å². The molecule has 1 amide bonds. The van der Waals surface area contributed by atoms with Crippen molar-refractivity contribution >= 4 is 11.9 Å². The van der Waals surface area contributed by atoms with Crippen LogP contribution in [-0.4, -0.2) is 29.1 Å². The molecule has 0 heterocycles. The predicted molar refractivity (Wildman–Crippen MR) is 64.3 cm³/mol. The maximum absolute atomic E-state index is 11.7. The lowest BCUT2D eigenvalue weighted by Gasteiger charge is -2.32. The van der Waals surface area contributed by atoms with E-state index in [9.17, 15) is 9.59 Å². The fraction of sp³-hybridized carbons (Fsp3) is 0.833.